The summed E-state index contributed by atoms with van der Waals surface area (Å²) in [5, 5.41) is 28.0. The second kappa shape index (κ2) is 6.03. The lowest BCUT2D eigenvalue weighted by molar-refractivity contribution is -0.145. The number of rotatable bonds is 6. The van der Waals surface area contributed by atoms with Crippen LogP contribution < -0.4 is 11.1 Å². The Kier molecular flexibility index (Phi) is 5.40. The first-order valence-corrected chi connectivity index (χ1v) is 4.44. The number of aliphatic hydroxyl groups is 1. The molecule has 16 heavy (non-hydrogen) atoms. The highest BCUT2D eigenvalue weighted by Gasteiger charge is 2.27. The Bertz CT molecular complexity index is 290. The van der Waals surface area contributed by atoms with Crippen LogP contribution in [0.15, 0.2) is 0 Å². The fourth-order valence-corrected chi connectivity index (χ4v) is 0.930. The molecule has 0 heterocycles. The number of amides is 1. The third-order valence-corrected chi connectivity index (χ3v) is 1.78. The molecule has 0 aliphatic carbocycles. The van der Waals surface area contributed by atoms with Crippen LogP contribution in [-0.2, 0) is 14.4 Å². The number of aliphatic carboxylic acids is 2. The van der Waals surface area contributed by atoms with E-state index in [1.54, 1.807) is 0 Å². The molecule has 0 unspecified atom stereocenters. The quantitative estimate of drug-likeness (QED) is 0.348. The molecule has 0 aromatic rings. The van der Waals surface area contributed by atoms with Crippen molar-refractivity contribution in [3.63, 3.8) is 0 Å². The molecule has 0 rings (SSSR count). The predicted molar refractivity (Wildman–Crippen MR) is 51.5 cm³/mol. The molecule has 0 spiro atoms. The number of nitrogens with two attached hydrogens (primary N) is 1. The number of carboxylic acids is 2. The molecule has 0 aromatic heterocycles. The van der Waals surface area contributed by atoms with Gasteiger partial charge in [0.25, 0.3) is 0 Å². The van der Waals surface area contributed by atoms with Gasteiger partial charge in [0, 0.05) is 0 Å². The molecule has 0 saturated carbocycles. The van der Waals surface area contributed by atoms with E-state index in [1.165, 1.54) is 6.92 Å². The van der Waals surface area contributed by atoms with Gasteiger partial charge in [-0.1, -0.05) is 0 Å². The monoisotopic (exact) mass is 234 g/mol. The van der Waals surface area contributed by atoms with Gasteiger partial charge >= 0.3 is 11.9 Å². The van der Waals surface area contributed by atoms with Gasteiger partial charge in [0.1, 0.15) is 0 Å². The highest BCUT2D eigenvalue weighted by molar-refractivity contribution is 5.89. The Labute approximate surface area is 91.1 Å². The van der Waals surface area contributed by atoms with Crippen molar-refractivity contribution in [1.82, 2.24) is 5.32 Å². The number of carbonyl (C=O) groups excluding carboxylic acids is 1. The molecule has 6 N–H and O–H groups in total. The summed E-state index contributed by atoms with van der Waals surface area (Å²) in [6.45, 7) is 1.18. The molecule has 1 amide bonds. The molecule has 0 radical (unpaired) electrons. The van der Waals surface area contributed by atoms with Gasteiger partial charge in [-0.25, -0.2) is 4.79 Å². The van der Waals surface area contributed by atoms with Crippen LogP contribution in [0.1, 0.15) is 13.3 Å². The van der Waals surface area contributed by atoms with Crippen molar-refractivity contribution in [2.45, 2.75) is 31.5 Å². The van der Waals surface area contributed by atoms with E-state index in [1.807, 2.05) is 5.32 Å². The lowest BCUT2D eigenvalue weighted by Crippen LogP contribution is -2.53. The Morgan fingerprint density at radius 3 is 2.12 bits per heavy atom. The molecule has 0 saturated heterocycles. The summed E-state index contributed by atoms with van der Waals surface area (Å²) in [7, 11) is 0. The van der Waals surface area contributed by atoms with Crippen LogP contribution in [0.25, 0.3) is 0 Å². The topological polar surface area (TPSA) is 150 Å². The lowest BCUT2D eigenvalue weighted by Gasteiger charge is -2.18. The number of hydrogen-bond donors (Lipinski definition) is 5. The van der Waals surface area contributed by atoms with E-state index in [0.717, 1.165) is 0 Å². The van der Waals surface area contributed by atoms with E-state index in [9.17, 15) is 14.4 Å². The predicted octanol–water partition coefficient (Wildman–Crippen LogP) is -2.26. The summed E-state index contributed by atoms with van der Waals surface area (Å²) in [5.74, 6) is -3.63. The molecular weight excluding hydrogens is 220 g/mol. The van der Waals surface area contributed by atoms with Crippen molar-refractivity contribution < 1.29 is 29.7 Å². The first-order valence-electron chi connectivity index (χ1n) is 4.44. The average molecular weight is 234 g/mol. The summed E-state index contributed by atoms with van der Waals surface area (Å²) >= 11 is 0. The summed E-state index contributed by atoms with van der Waals surface area (Å²) in [6, 6.07) is -2.86. The molecule has 8 nitrogen and oxygen atoms in total. The van der Waals surface area contributed by atoms with E-state index in [4.69, 9.17) is 21.1 Å². The van der Waals surface area contributed by atoms with E-state index in [0.29, 0.717) is 0 Å². The van der Waals surface area contributed by atoms with Crippen LogP contribution in [0, 0.1) is 0 Å². The number of aliphatic hydroxyl groups excluding tert-OH is 1. The SMILES string of the molecule is C[C@H](O)[C@H](NC(=O)[C@@H](N)CC(=O)O)C(=O)O. The number of carbonyl (C=O) groups is 3. The van der Waals surface area contributed by atoms with Gasteiger partial charge in [0.05, 0.1) is 18.6 Å². The third-order valence-electron chi connectivity index (χ3n) is 1.78. The van der Waals surface area contributed by atoms with Gasteiger partial charge in [-0.3, -0.25) is 9.59 Å². The van der Waals surface area contributed by atoms with Gasteiger partial charge in [0.15, 0.2) is 6.04 Å². The summed E-state index contributed by atoms with van der Waals surface area (Å²) in [6.07, 6.45) is -1.92. The summed E-state index contributed by atoms with van der Waals surface area (Å²) in [5.41, 5.74) is 5.20. The first kappa shape index (κ1) is 14.3. The maximum atomic E-state index is 11.2. The maximum Gasteiger partial charge on any atom is 0.328 e. The summed E-state index contributed by atoms with van der Waals surface area (Å²) in [4.78, 5) is 32.1. The second-order valence-electron chi connectivity index (χ2n) is 3.27. The van der Waals surface area contributed by atoms with Crippen LogP contribution in [0.5, 0.6) is 0 Å². The van der Waals surface area contributed by atoms with E-state index >= 15 is 0 Å². The fourth-order valence-electron chi connectivity index (χ4n) is 0.930. The van der Waals surface area contributed by atoms with Gasteiger partial charge in [-0.05, 0) is 6.92 Å². The molecule has 92 valence electrons. The smallest absolute Gasteiger partial charge is 0.328 e. The molecule has 0 aliphatic rings. The van der Waals surface area contributed by atoms with Crippen molar-refractivity contribution in [1.29, 1.82) is 0 Å². The Balaban J connectivity index is 4.40. The number of hydrogen-bond acceptors (Lipinski definition) is 5. The van der Waals surface area contributed by atoms with Crippen molar-refractivity contribution >= 4 is 17.8 Å². The highest BCUT2D eigenvalue weighted by Crippen LogP contribution is 1.96. The van der Waals surface area contributed by atoms with Crippen molar-refractivity contribution in [3.05, 3.63) is 0 Å². The lowest BCUT2D eigenvalue weighted by atomic mass is 10.1. The Hall–Kier alpha value is -1.67. The van der Waals surface area contributed by atoms with Gasteiger partial charge in [0.2, 0.25) is 5.91 Å². The highest BCUT2D eigenvalue weighted by atomic mass is 16.4. The van der Waals surface area contributed by atoms with Gasteiger partial charge < -0.3 is 26.4 Å². The zero-order chi connectivity index (χ0) is 12.9. The van der Waals surface area contributed by atoms with Gasteiger partial charge in [-0.15, -0.1) is 0 Å². The molecule has 0 fully saturated rings. The second-order valence-corrected chi connectivity index (χ2v) is 3.27. The molecule has 3 atom stereocenters. The van der Waals surface area contributed by atoms with Crippen LogP contribution in [-0.4, -0.2) is 51.4 Å². The first-order chi connectivity index (χ1) is 7.25. The standard InChI is InChI=1S/C8H14N2O6/c1-3(11)6(8(15)16)10-7(14)4(9)2-5(12)13/h3-4,6,11H,2,9H2,1H3,(H,10,14)(H,12,13)(H,15,16)/t3-,4-,6-/m0/s1. The molecule has 0 aliphatic heterocycles. The number of nitrogens with one attached hydrogen (secondary N) is 1. The minimum Gasteiger partial charge on any atom is -0.481 e. The Morgan fingerprint density at radius 2 is 1.81 bits per heavy atom. The van der Waals surface area contributed by atoms with E-state index in [2.05, 4.69) is 0 Å². The van der Waals surface area contributed by atoms with Crippen LogP contribution in [0.3, 0.4) is 0 Å². The van der Waals surface area contributed by atoms with Crippen LogP contribution in [0.2, 0.25) is 0 Å². The zero-order valence-corrected chi connectivity index (χ0v) is 8.58. The van der Waals surface area contributed by atoms with Crippen molar-refractivity contribution in [2.75, 3.05) is 0 Å². The van der Waals surface area contributed by atoms with Crippen LogP contribution >= 0.6 is 0 Å². The van der Waals surface area contributed by atoms with Crippen molar-refractivity contribution in [2.24, 2.45) is 5.73 Å². The van der Waals surface area contributed by atoms with E-state index < -0.39 is 42.5 Å². The normalized spacial score (nSPS) is 15.9. The molecule has 0 aromatic carbocycles. The zero-order valence-electron chi connectivity index (χ0n) is 8.58. The van der Waals surface area contributed by atoms with Crippen molar-refractivity contribution in [3.8, 4) is 0 Å². The average Bonchev–Trinajstić information content (AvgIpc) is 2.11. The summed E-state index contributed by atoms with van der Waals surface area (Å²) < 4.78 is 0. The molecular formula is C8H14N2O6. The third kappa shape index (κ3) is 4.71. The fraction of sp³-hybridized carbons (Fsp3) is 0.625. The Morgan fingerprint density at radius 1 is 1.31 bits per heavy atom. The largest absolute Gasteiger partial charge is 0.481 e. The van der Waals surface area contributed by atoms with Crippen LogP contribution in [0.4, 0.5) is 0 Å². The minimum absolute atomic E-state index is 0.613. The minimum atomic E-state index is -1.51. The molecule has 0 bridgehead atoms. The maximum absolute atomic E-state index is 11.2. The van der Waals surface area contributed by atoms with Gasteiger partial charge in [-0.2, -0.15) is 0 Å². The molecule has 8 heteroatoms. The number of carboxylic acid groups (broad SMARTS) is 2. The van der Waals surface area contributed by atoms with E-state index in [-0.39, 0.29) is 0 Å².